The highest BCUT2D eigenvalue weighted by Gasteiger charge is 2.78. The Balaban J connectivity index is 1.03. The molecule has 8 rings (SSSR count). The van der Waals surface area contributed by atoms with Crippen LogP contribution in [0.1, 0.15) is 139 Å². The zero-order valence-corrected chi connectivity index (χ0v) is 41.0. The van der Waals surface area contributed by atoms with Crippen molar-refractivity contribution in [3.63, 3.8) is 0 Å². The van der Waals surface area contributed by atoms with Crippen molar-refractivity contribution in [2.75, 3.05) is 37.7 Å². The predicted molar refractivity (Wildman–Crippen MR) is 247 cm³/mol. The van der Waals surface area contributed by atoms with E-state index in [1.807, 2.05) is 13.8 Å². The lowest BCUT2D eigenvalue weighted by atomic mass is 9.28. The van der Waals surface area contributed by atoms with E-state index in [-0.39, 0.29) is 60.2 Å². The molecule has 0 radical (unpaired) electrons. The number of ketones is 1. The summed E-state index contributed by atoms with van der Waals surface area (Å²) in [5, 5.41) is 25.8. The Kier molecular flexibility index (Phi) is 11.4. The Hall–Kier alpha value is -2.02. The third-order valence-corrected chi connectivity index (χ3v) is 23.4. The Bertz CT molecular complexity index is 1960. The number of nitrogens with zero attached hydrogens (tertiary/aromatic N) is 1. The van der Waals surface area contributed by atoms with Gasteiger partial charge < -0.3 is 29.9 Å². The summed E-state index contributed by atoms with van der Waals surface area (Å²) in [6.45, 7) is 27.6. The van der Waals surface area contributed by atoms with Gasteiger partial charge in [0.2, 0.25) is 0 Å². The first-order valence-corrected chi connectivity index (χ1v) is 24.7. The summed E-state index contributed by atoms with van der Waals surface area (Å²) in [5.41, 5.74) is 3.03. The molecule has 0 bridgehead atoms. The number of alkyl halides is 1. The number of aliphatic hydroxyl groups excluding tert-OH is 1. The first-order chi connectivity index (χ1) is 28.5. The lowest BCUT2D eigenvalue weighted by molar-refractivity contribution is -0.265. The van der Waals surface area contributed by atoms with E-state index >= 15 is 0 Å². The van der Waals surface area contributed by atoms with Gasteiger partial charge in [-0.25, -0.2) is 0 Å². The second-order valence-electron chi connectivity index (χ2n) is 23.1. The number of aliphatic carboxylic acids is 1. The van der Waals surface area contributed by atoms with Gasteiger partial charge in [-0.1, -0.05) is 110 Å². The fraction of sp³-hybridized carbons (Fsp3) is 0.784. The van der Waals surface area contributed by atoms with Gasteiger partial charge in [0.1, 0.15) is 6.10 Å². The van der Waals surface area contributed by atoms with Gasteiger partial charge in [-0.3, -0.25) is 14.4 Å². The van der Waals surface area contributed by atoms with Crippen molar-refractivity contribution in [1.82, 2.24) is 5.32 Å². The SMILES string of the molecule is CC(C)C1=C2[C@H]3CC[C@]4(C)[C@@]5(C)CC[C@H](OC(=O)[C@H]6C[C@@H](C(=O)O)C6(C)C)C(C)(C)[C@]5(I)CC[C@@]4(C)[C@]3(C)CC[C@@]2([C@@H](O)CNCc2ccc(N3CCOCC3)cc2)CC1=O. The van der Waals surface area contributed by atoms with Gasteiger partial charge in [0, 0.05) is 52.5 Å². The average molecular weight is 955 g/mol. The van der Waals surface area contributed by atoms with Crippen molar-refractivity contribution >= 4 is 46.0 Å². The lowest BCUT2D eigenvalue weighted by Crippen LogP contribution is -2.75. The zero-order valence-electron chi connectivity index (χ0n) is 38.8. The molecule has 0 amide bonds. The van der Waals surface area contributed by atoms with Crippen molar-refractivity contribution in [1.29, 1.82) is 0 Å². The summed E-state index contributed by atoms with van der Waals surface area (Å²) < 4.78 is 11.9. The molecule has 3 N–H and O–H groups in total. The van der Waals surface area contributed by atoms with Gasteiger partial charge in [-0.15, -0.1) is 0 Å². The number of fused-ring (bicyclic) bond motifs is 7. The molecule has 1 aliphatic heterocycles. The number of halogens is 1. The maximum Gasteiger partial charge on any atom is 0.309 e. The number of Topliss-reactive ketones (excluding diaryl/α,β-unsaturated/α-hetero) is 1. The van der Waals surface area contributed by atoms with Crippen molar-refractivity contribution in [2.24, 2.45) is 61.6 Å². The Labute approximate surface area is 379 Å². The molecule has 0 aromatic heterocycles. The van der Waals surface area contributed by atoms with Crippen LogP contribution < -0.4 is 10.2 Å². The summed E-state index contributed by atoms with van der Waals surface area (Å²) in [6, 6.07) is 8.73. The second-order valence-corrected chi connectivity index (χ2v) is 25.0. The van der Waals surface area contributed by atoms with Crippen LogP contribution in [0.5, 0.6) is 0 Å². The number of nitrogens with one attached hydrogen (secondary N) is 1. The smallest absolute Gasteiger partial charge is 0.309 e. The standard InChI is InChI=1S/C51H75IN2O7/c1-31(2)40-37(55)28-50(38(56)30-53-29-32-11-13-33(14-12-32)54-23-25-60-26-24-54)21-19-46(7)34(41(40)50)15-17-48(9)47(46,8)20-22-51(52)45(5,6)39(16-18-49(48,51)10)61-43(59)36-27-35(42(57)58)44(36,3)4/h11-14,31,34-36,38-39,53,56H,15-30H2,1-10H3,(H,57,58)/t34-,35+,36-,38+,39+,46-,47+,48+,49-,50+,51-/m1/s1. The van der Waals surface area contributed by atoms with Crippen LogP contribution in [-0.2, 0) is 30.4 Å². The molecule has 0 spiro atoms. The van der Waals surface area contributed by atoms with E-state index in [4.69, 9.17) is 9.47 Å². The number of rotatable bonds is 10. The second kappa shape index (κ2) is 15.3. The average Bonchev–Trinajstić information content (AvgIpc) is 3.52. The van der Waals surface area contributed by atoms with Gasteiger partial charge in [-0.2, -0.15) is 0 Å². The van der Waals surface area contributed by atoms with Gasteiger partial charge in [0.15, 0.2) is 5.78 Å². The fourth-order valence-corrected chi connectivity index (χ4v) is 17.2. The molecule has 10 heteroatoms. The fourth-order valence-electron chi connectivity index (χ4n) is 15.7. The van der Waals surface area contributed by atoms with Gasteiger partial charge in [0.05, 0.1) is 31.2 Å². The van der Waals surface area contributed by atoms with Crippen molar-refractivity contribution in [3.8, 4) is 0 Å². The molecular weight excluding hydrogens is 879 g/mol. The first-order valence-electron chi connectivity index (χ1n) is 23.7. The molecule has 5 saturated carbocycles. The number of benzene rings is 1. The molecule has 0 unspecified atom stereocenters. The number of carboxylic acid groups (broad SMARTS) is 1. The molecule has 1 aromatic rings. The zero-order chi connectivity index (χ0) is 44.3. The maximum atomic E-state index is 14.3. The largest absolute Gasteiger partial charge is 0.481 e. The quantitative estimate of drug-likeness (QED) is 0.120. The van der Waals surface area contributed by atoms with Crippen LogP contribution in [0.4, 0.5) is 5.69 Å². The Morgan fingerprint density at radius 3 is 2.16 bits per heavy atom. The first kappa shape index (κ1) is 45.5. The minimum atomic E-state index is -0.832. The summed E-state index contributed by atoms with van der Waals surface area (Å²) in [6.07, 6.45) is 7.50. The van der Waals surface area contributed by atoms with Crippen LogP contribution in [0.3, 0.4) is 0 Å². The van der Waals surface area contributed by atoms with E-state index < -0.39 is 34.7 Å². The van der Waals surface area contributed by atoms with Crippen LogP contribution in [0, 0.1) is 61.6 Å². The number of hydrogen-bond donors (Lipinski definition) is 3. The Morgan fingerprint density at radius 2 is 1.54 bits per heavy atom. The highest BCUT2D eigenvalue weighted by atomic mass is 127. The number of aliphatic hydroxyl groups is 1. The number of morpholine rings is 1. The minimum absolute atomic E-state index is 0.0275. The molecule has 6 fully saturated rings. The normalized spacial score (nSPS) is 41.9. The van der Waals surface area contributed by atoms with E-state index in [9.17, 15) is 24.6 Å². The number of carbonyl (C=O) groups is 3. The molecular formula is C51H75IN2O7. The molecule has 338 valence electrons. The van der Waals surface area contributed by atoms with Gasteiger partial charge >= 0.3 is 11.9 Å². The number of esters is 1. The summed E-state index contributed by atoms with van der Waals surface area (Å²) in [4.78, 5) is 42.4. The number of carboxylic acids is 1. The third kappa shape index (κ3) is 6.29. The predicted octanol–water partition coefficient (Wildman–Crippen LogP) is 9.56. The van der Waals surface area contributed by atoms with Crippen molar-refractivity contribution in [2.45, 2.75) is 156 Å². The molecule has 1 aromatic carbocycles. The van der Waals surface area contributed by atoms with E-state index in [1.54, 1.807) is 0 Å². The minimum Gasteiger partial charge on any atom is -0.481 e. The van der Waals surface area contributed by atoms with Gasteiger partial charge in [-0.05, 0) is 120 Å². The Morgan fingerprint density at radius 1 is 0.885 bits per heavy atom. The molecule has 1 heterocycles. The monoisotopic (exact) mass is 954 g/mol. The summed E-state index contributed by atoms with van der Waals surface area (Å²) in [7, 11) is 0. The van der Waals surface area contributed by atoms with Crippen molar-refractivity contribution in [3.05, 3.63) is 41.0 Å². The van der Waals surface area contributed by atoms with E-state index in [1.165, 1.54) is 16.8 Å². The van der Waals surface area contributed by atoms with Gasteiger partial charge in [0.25, 0.3) is 0 Å². The number of allylic oxidation sites excluding steroid dienone is 1. The number of hydrogen-bond acceptors (Lipinski definition) is 8. The van der Waals surface area contributed by atoms with Crippen LogP contribution in [0.25, 0.3) is 0 Å². The molecule has 9 nitrogen and oxygen atoms in total. The summed E-state index contributed by atoms with van der Waals surface area (Å²) in [5.74, 6) is -1.42. The number of ether oxygens (including phenoxy) is 2. The molecule has 6 aliphatic carbocycles. The molecule has 7 aliphatic rings. The highest BCUT2D eigenvalue weighted by Crippen LogP contribution is 2.83. The van der Waals surface area contributed by atoms with Crippen LogP contribution in [0.15, 0.2) is 35.4 Å². The maximum absolute atomic E-state index is 14.3. The van der Waals surface area contributed by atoms with Crippen LogP contribution in [0.2, 0.25) is 0 Å². The lowest BCUT2D eigenvalue weighted by Gasteiger charge is -2.79. The topological polar surface area (TPSA) is 125 Å². The van der Waals surface area contributed by atoms with Crippen LogP contribution >= 0.6 is 22.6 Å². The van der Waals surface area contributed by atoms with E-state index in [0.29, 0.717) is 25.9 Å². The molecule has 61 heavy (non-hydrogen) atoms. The van der Waals surface area contributed by atoms with E-state index in [0.717, 1.165) is 83.2 Å². The highest BCUT2D eigenvalue weighted by molar-refractivity contribution is 14.1. The third-order valence-electron chi connectivity index (χ3n) is 20.3. The summed E-state index contributed by atoms with van der Waals surface area (Å²) >= 11 is 2.82. The molecule has 11 atom stereocenters. The van der Waals surface area contributed by atoms with Crippen LogP contribution in [-0.4, -0.2) is 76.4 Å². The van der Waals surface area contributed by atoms with E-state index in [2.05, 4.69) is 112 Å². The number of carbonyl (C=O) groups excluding carboxylic acids is 2. The molecule has 1 saturated heterocycles. The van der Waals surface area contributed by atoms with Crippen molar-refractivity contribution < 1.29 is 34.1 Å². The number of anilines is 1.